The van der Waals surface area contributed by atoms with E-state index in [2.05, 4.69) is 32.7 Å². The number of halogens is 1. The fraction of sp³-hybridized carbons (Fsp3) is 0.500. The summed E-state index contributed by atoms with van der Waals surface area (Å²) in [5.41, 5.74) is 3.02. The fourth-order valence-electron chi connectivity index (χ4n) is 10.1. The minimum atomic E-state index is -3.79. The van der Waals surface area contributed by atoms with Crippen molar-refractivity contribution in [3.8, 4) is 0 Å². The number of ether oxygens (including phenoxy) is 1. The number of benzene rings is 3. The summed E-state index contributed by atoms with van der Waals surface area (Å²) in [5.74, 6) is 0.704. The van der Waals surface area contributed by atoms with Gasteiger partial charge in [-0.2, -0.15) is 0 Å². The molecular formula is C44H55FN4O5S. The maximum absolute atomic E-state index is 15.0. The van der Waals surface area contributed by atoms with Gasteiger partial charge < -0.3 is 24.8 Å². The average Bonchev–Trinajstić information content (AvgIpc) is 3.61. The van der Waals surface area contributed by atoms with Gasteiger partial charge in [-0.25, -0.2) is 12.8 Å². The number of anilines is 2. The lowest BCUT2D eigenvalue weighted by atomic mass is 9.56. The third-order valence-corrected chi connectivity index (χ3v) is 14.6. The van der Waals surface area contributed by atoms with Crippen LogP contribution in [0.4, 0.5) is 15.8 Å². The molecule has 7 rings (SSSR count). The number of amides is 1. The van der Waals surface area contributed by atoms with Crippen LogP contribution in [0.2, 0.25) is 0 Å². The molecule has 0 spiro atoms. The van der Waals surface area contributed by atoms with Crippen LogP contribution in [0.25, 0.3) is 0 Å². The molecule has 294 valence electrons. The van der Waals surface area contributed by atoms with Crippen molar-refractivity contribution in [2.45, 2.75) is 67.1 Å². The summed E-state index contributed by atoms with van der Waals surface area (Å²) in [6.45, 7) is 13.2. The Balaban J connectivity index is 0.994. The highest BCUT2D eigenvalue weighted by atomic mass is 32.2. The van der Waals surface area contributed by atoms with Gasteiger partial charge in [0.15, 0.2) is 0 Å². The molecular weight excluding hydrogens is 716 g/mol. The third-order valence-electron chi connectivity index (χ3n) is 12.9. The molecule has 3 saturated heterocycles. The number of hydrogen-bond donors (Lipinski definition) is 1. The summed E-state index contributed by atoms with van der Waals surface area (Å²) in [7, 11) is -2.31. The molecule has 3 atom stereocenters. The normalized spacial score (nSPS) is 22.3. The Morgan fingerprint density at radius 3 is 2.33 bits per heavy atom. The van der Waals surface area contributed by atoms with E-state index in [1.807, 2.05) is 18.2 Å². The summed E-state index contributed by atoms with van der Waals surface area (Å²) in [6, 6.07) is 19.3. The number of aryl methyl sites for hydroxylation is 1. The zero-order valence-corrected chi connectivity index (χ0v) is 33.0. The van der Waals surface area contributed by atoms with Gasteiger partial charge in [0.1, 0.15) is 5.82 Å². The first-order chi connectivity index (χ1) is 26.5. The number of carbonyl (C=O) groups is 2. The fourth-order valence-corrected chi connectivity index (χ4v) is 11.5. The van der Waals surface area contributed by atoms with E-state index in [0.29, 0.717) is 29.9 Å². The van der Waals surface area contributed by atoms with Crippen LogP contribution in [-0.4, -0.2) is 89.6 Å². The zero-order chi connectivity index (χ0) is 38.7. The Bertz CT molecular complexity index is 1970. The smallest absolute Gasteiger partial charge is 0.305 e. The number of piperidine rings is 1. The standard InChI is InChI=1S/C44H55FN4O5S/c1-4-42(50)46-37-22-31(2)23-40(26-37)55(52,53)39-14-12-38(13-15-39)49-28-32(29-49)27-47-20-16-34(17-21-47)44(30-48-18-7-19-48,35-9-6-10-36(45)25-35)41-11-5-8-33(41)24-43(51)54-3/h4,6,9-10,12-15,22-23,25-26,32-34,41H,1,5,7-8,11,16-21,24,27-30H2,2-3H3,(H,46,50)/t33-,41+,44+/m1/s1. The Labute approximate surface area is 325 Å². The number of likely N-dealkylation sites (tertiary alicyclic amines) is 2. The van der Waals surface area contributed by atoms with Gasteiger partial charge in [-0.1, -0.05) is 25.1 Å². The van der Waals surface area contributed by atoms with Crippen LogP contribution < -0.4 is 10.2 Å². The second-order valence-corrected chi connectivity index (χ2v) is 18.3. The first-order valence-corrected chi connectivity index (χ1v) is 21.4. The maximum atomic E-state index is 15.0. The van der Waals surface area contributed by atoms with Crippen molar-refractivity contribution in [2.75, 3.05) is 69.7 Å². The Kier molecular flexibility index (Phi) is 11.8. The van der Waals surface area contributed by atoms with Crippen molar-refractivity contribution in [1.82, 2.24) is 9.80 Å². The Morgan fingerprint density at radius 1 is 0.927 bits per heavy atom. The van der Waals surface area contributed by atoms with Gasteiger partial charge in [0.05, 0.1) is 16.9 Å². The van der Waals surface area contributed by atoms with Crippen LogP contribution in [0.3, 0.4) is 0 Å². The van der Waals surface area contributed by atoms with Gasteiger partial charge in [-0.15, -0.1) is 0 Å². The number of hydrogen-bond acceptors (Lipinski definition) is 8. The van der Waals surface area contributed by atoms with Crippen LogP contribution >= 0.6 is 0 Å². The molecule has 0 aromatic heterocycles. The van der Waals surface area contributed by atoms with Crippen LogP contribution in [0, 0.1) is 36.4 Å². The van der Waals surface area contributed by atoms with Crippen molar-refractivity contribution in [2.24, 2.45) is 23.7 Å². The van der Waals surface area contributed by atoms with Gasteiger partial charge in [-0.05, 0) is 155 Å². The maximum Gasteiger partial charge on any atom is 0.305 e. The highest BCUT2D eigenvalue weighted by molar-refractivity contribution is 7.91. The minimum absolute atomic E-state index is 0.130. The van der Waals surface area contributed by atoms with Crippen molar-refractivity contribution < 1.29 is 27.1 Å². The molecule has 0 radical (unpaired) electrons. The molecule has 1 amide bonds. The molecule has 0 bridgehead atoms. The second-order valence-electron chi connectivity index (χ2n) is 16.3. The van der Waals surface area contributed by atoms with Gasteiger partial charge in [-0.3, -0.25) is 9.59 Å². The van der Waals surface area contributed by atoms with Gasteiger partial charge in [0.25, 0.3) is 0 Å². The first-order valence-electron chi connectivity index (χ1n) is 19.9. The molecule has 3 aliphatic heterocycles. The molecule has 3 aromatic carbocycles. The molecule has 4 fully saturated rings. The number of rotatable bonds is 14. The van der Waals surface area contributed by atoms with Crippen molar-refractivity contribution in [3.63, 3.8) is 0 Å². The van der Waals surface area contributed by atoms with Crippen LogP contribution in [-0.2, 0) is 29.6 Å². The molecule has 55 heavy (non-hydrogen) atoms. The predicted molar refractivity (Wildman–Crippen MR) is 213 cm³/mol. The highest BCUT2D eigenvalue weighted by Gasteiger charge is 2.53. The van der Waals surface area contributed by atoms with Gasteiger partial charge in [0.2, 0.25) is 15.7 Å². The van der Waals surface area contributed by atoms with E-state index < -0.39 is 15.7 Å². The van der Waals surface area contributed by atoms with E-state index in [9.17, 15) is 18.0 Å². The lowest BCUT2D eigenvalue weighted by Crippen LogP contribution is -2.58. The number of esters is 1. The molecule has 9 nitrogen and oxygen atoms in total. The zero-order valence-electron chi connectivity index (χ0n) is 32.2. The van der Waals surface area contributed by atoms with Crippen molar-refractivity contribution in [1.29, 1.82) is 0 Å². The summed E-state index contributed by atoms with van der Waals surface area (Å²) in [4.78, 5) is 32.2. The summed E-state index contributed by atoms with van der Waals surface area (Å²) < 4.78 is 47.3. The number of carbonyl (C=O) groups excluding carboxylic acids is 2. The molecule has 1 N–H and O–H groups in total. The lowest BCUT2D eigenvalue weighted by Gasteiger charge is -2.54. The summed E-state index contributed by atoms with van der Waals surface area (Å²) in [6.07, 6.45) is 8.01. The average molecular weight is 771 g/mol. The van der Waals surface area contributed by atoms with Gasteiger partial charge >= 0.3 is 5.97 Å². The molecule has 3 aromatic rings. The molecule has 0 unspecified atom stereocenters. The summed E-state index contributed by atoms with van der Waals surface area (Å²) in [5, 5.41) is 2.66. The predicted octanol–water partition coefficient (Wildman–Crippen LogP) is 6.86. The van der Waals surface area contributed by atoms with E-state index in [0.717, 1.165) is 107 Å². The third kappa shape index (κ3) is 8.39. The van der Waals surface area contributed by atoms with E-state index in [4.69, 9.17) is 4.74 Å². The Morgan fingerprint density at radius 2 is 1.67 bits per heavy atom. The monoisotopic (exact) mass is 770 g/mol. The van der Waals surface area contributed by atoms with Gasteiger partial charge in [0, 0.05) is 55.3 Å². The molecule has 4 aliphatic rings. The van der Waals surface area contributed by atoms with E-state index in [-0.39, 0.29) is 32.9 Å². The SMILES string of the molecule is C=CC(=O)Nc1cc(C)cc(S(=O)(=O)c2ccc(N3CC(CN4CCC([C@@](CN5CCC5)(c5cccc(F)c5)[C@H]5CCC[C@@H]5CC(=O)OC)CC4)C3)cc2)c1. The largest absolute Gasteiger partial charge is 0.469 e. The molecule has 1 saturated carbocycles. The first kappa shape index (κ1) is 39.2. The van der Waals surface area contributed by atoms with Crippen molar-refractivity contribution in [3.05, 3.63) is 96.3 Å². The minimum Gasteiger partial charge on any atom is -0.469 e. The number of nitrogens with zero attached hydrogens (tertiary/aromatic N) is 3. The van der Waals surface area contributed by atoms with E-state index >= 15 is 4.39 Å². The lowest BCUT2D eigenvalue weighted by molar-refractivity contribution is -0.142. The van der Waals surface area contributed by atoms with E-state index in [1.165, 1.54) is 19.6 Å². The number of nitrogens with one attached hydrogen (secondary N) is 1. The molecule has 1 aliphatic carbocycles. The number of sulfone groups is 1. The number of methoxy groups -OCH3 is 1. The van der Waals surface area contributed by atoms with Crippen LogP contribution in [0.15, 0.2) is 89.2 Å². The highest BCUT2D eigenvalue weighted by Crippen LogP contribution is 2.54. The quantitative estimate of drug-likeness (QED) is 0.140. The summed E-state index contributed by atoms with van der Waals surface area (Å²) >= 11 is 0. The Hall–Kier alpha value is -4.06. The van der Waals surface area contributed by atoms with Crippen molar-refractivity contribution >= 4 is 33.1 Å². The van der Waals surface area contributed by atoms with E-state index in [1.54, 1.807) is 43.3 Å². The second kappa shape index (κ2) is 16.6. The topological polar surface area (TPSA) is 99.3 Å². The molecule has 11 heteroatoms. The van der Waals surface area contributed by atoms with Crippen LogP contribution in [0.5, 0.6) is 0 Å². The van der Waals surface area contributed by atoms with Crippen LogP contribution in [0.1, 0.15) is 56.1 Å². The molecule has 3 heterocycles.